The highest BCUT2D eigenvalue weighted by atomic mass is 127. The molecule has 0 unspecified atom stereocenters. The lowest BCUT2D eigenvalue weighted by Gasteiger charge is -2.05. The molecule has 0 saturated carbocycles. The number of alkyl halides is 2. The van der Waals surface area contributed by atoms with Crippen LogP contribution in [0.1, 0.15) is 38.5 Å². The van der Waals surface area contributed by atoms with Crippen LogP contribution in [0, 0.1) is 0 Å². The topological polar surface area (TPSA) is 52.6 Å². The third-order valence-corrected chi connectivity index (χ3v) is 3.24. The summed E-state index contributed by atoms with van der Waals surface area (Å²) in [6.45, 7) is 1.01. The van der Waals surface area contributed by atoms with E-state index in [1.165, 1.54) is 0 Å². The molecule has 0 aliphatic carbocycles. The summed E-state index contributed by atoms with van der Waals surface area (Å²) in [5.41, 5.74) is 0. The van der Waals surface area contributed by atoms with Crippen molar-refractivity contribution in [1.29, 1.82) is 0 Å². The largest absolute Gasteiger partial charge is 0.466 e. The van der Waals surface area contributed by atoms with Crippen LogP contribution in [0.15, 0.2) is 0 Å². The lowest BCUT2D eigenvalue weighted by molar-refractivity contribution is -0.144. The van der Waals surface area contributed by atoms with Gasteiger partial charge >= 0.3 is 11.9 Å². The van der Waals surface area contributed by atoms with Crippen LogP contribution in [0.25, 0.3) is 0 Å². The molecule has 0 saturated heterocycles. The van der Waals surface area contributed by atoms with E-state index in [0.717, 1.165) is 34.5 Å². The van der Waals surface area contributed by atoms with Crippen molar-refractivity contribution in [3.63, 3.8) is 0 Å². The van der Waals surface area contributed by atoms with Gasteiger partial charge in [0.05, 0.1) is 26.1 Å². The van der Waals surface area contributed by atoms with Gasteiger partial charge in [0.25, 0.3) is 0 Å². The van der Waals surface area contributed by atoms with E-state index in [0.29, 0.717) is 26.1 Å². The minimum atomic E-state index is -0.114. The van der Waals surface area contributed by atoms with Gasteiger partial charge in [-0.15, -0.1) is 0 Å². The Labute approximate surface area is 136 Å². The van der Waals surface area contributed by atoms with E-state index in [9.17, 15) is 9.59 Å². The molecule has 0 aromatic heterocycles. The van der Waals surface area contributed by atoms with Gasteiger partial charge in [-0.3, -0.25) is 9.59 Å². The fraction of sp³-hybridized carbons (Fsp3) is 0.833. The summed E-state index contributed by atoms with van der Waals surface area (Å²) in [6.07, 6.45) is 4.76. The minimum Gasteiger partial charge on any atom is -0.466 e. The van der Waals surface area contributed by atoms with Gasteiger partial charge in [-0.05, 0) is 25.7 Å². The van der Waals surface area contributed by atoms with E-state index in [1.54, 1.807) is 0 Å². The van der Waals surface area contributed by atoms with Crippen LogP contribution in [0.3, 0.4) is 0 Å². The summed E-state index contributed by atoms with van der Waals surface area (Å²) < 4.78 is 11.7. The molecule has 4 nitrogen and oxygen atoms in total. The fourth-order valence-corrected chi connectivity index (χ4v) is 2.11. The van der Waals surface area contributed by atoms with Gasteiger partial charge in [0.15, 0.2) is 0 Å². The molecule has 106 valence electrons. The third-order valence-electron chi connectivity index (χ3n) is 2.16. The van der Waals surface area contributed by atoms with Gasteiger partial charge in [-0.2, -0.15) is 0 Å². The Morgan fingerprint density at radius 1 is 0.722 bits per heavy atom. The van der Waals surface area contributed by atoms with E-state index >= 15 is 0 Å². The molecule has 0 atom stereocenters. The van der Waals surface area contributed by atoms with Crippen molar-refractivity contribution < 1.29 is 19.1 Å². The average molecular weight is 482 g/mol. The molecule has 18 heavy (non-hydrogen) atoms. The van der Waals surface area contributed by atoms with Crippen LogP contribution in [-0.2, 0) is 19.1 Å². The predicted octanol–water partition coefficient (Wildman–Crippen LogP) is 3.28. The second-order valence-electron chi connectivity index (χ2n) is 3.73. The van der Waals surface area contributed by atoms with Gasteiger partial charge < -0.3 is 9.47 Å². The molecule has 0 fully saturated rings. The number of carbonyl (C=O) groups excluding carboxylic acids is 2. The highest BCUT2D eigenvalue weighted by molar-refractivity contribution is 14.1. The summed E-state index contributed by atoms with van der Waals surface area (Å²) in [5.74, 6) is -0.228. The Morgan fingerprint density at radius 3 is 1.44 bits per heavy atom. The van der Waals surface area contributed by atoms with Crippen molar-refractivity contribution in [2.24, 2.45) is 0 Å². The first-order valence-electron chi connectivity index (χ1n) is 6.14. The zero-order valence-electron chi connectivity index (χ0n) is 10.5. The molecule has 0 aromatic rings. The third kappa shape index (κ3) is 12.8. The maximum Gasteiger partial charge on any atom is 0.306 e. The second-order valence-corrected chi connectivity index (χ2v) is 5.89. The van der Waals surface area contributed by atoms with E-state index in [2.05, 4.69) is 45.2 Å². The number of unbranched alkanes of at least 4 members (excludes halogenated alkanes) is 3. The fourth-order valence-electron chi connectivity index (χ4n) is 1.23. The van der Waals surface area contributed by atoms with Crippen LogP contribution >= 0.6 is 45.2 Å². The molecule has 0 amide bonds. The number of rotatable bonds is 11. The number of esters is 2. The molecule has 0 radical (unpaired) electrons. The summed E-state index contributed by atoms with van der Waals surface area (Å²) in [5, 5.41) is 0. The van der Waals surface area contributed by atoms with E-state index in [4.69, 9.17) is 9.47 Å². The van der Waals surface area contributed by atoms with Crippen LogP contribution in [0.4, 0.5) is 0 Å². The minimum absolute atomic E-state index is 0.114. The molecule has 0 aromatic carbocycles. The normalized spacial score (nSPS) is 10.1. The van der Waals surface area contributed by atoms with E-state index < -0.39 is 0 Å². The van der Waals surface area contributed by atoms with Gasteiger partial charge in [-0.1, -0.05) is 45.2 Å². The molecular formula is C12H20I2O4. The molecule has 0 aliphatic rings. The average Bonchev–Trinajstić information content (AvgIpc) is 2.33. The van der Waals surface area contributed by atoms with Crippen LogP contribution in [0.5, 0.6) is 0 Å². The molecular weight excluding hydrogens is 462 g/mol. The lowest BCUT2D eigenvalue weighted by atomic mass is 10.2. The summed E-state index contributed by atoms with van der Waals surface area (Å²) in [6, 6.07) is 0. The molecule has 0 N–H and O–H groups in total. The monoisotopic (exact) mass is 482 g/mol. The molecule has 0 heterocycles. The Balaban J connectivity index is 3.16. The quantitative estimate of drug-likeness (QED) is 0.197. The standard InChI is InChI=1S/C12H20I2O4/c13-7-5-11(15)17-9-3-1-2-4-10-18-12(16)6-8-14/h1-10H2. The van der Waals surface area contributed by atoms with Crippen LogP contribution in [0.2, 0.25) is 0 Å². The van der Waals surface area contributed by atoms with Gasteiger partial charge in [-0.25, -0.2) is 0 Å². The molecule has 0 aliphatic heterocycles. The number of hydrogen-bond donors (Lipinski definition) is 0. The lowest BCUT2D eigenvalue weighted by Crippen LogP contribution is -2.07. The summed E-state index contributed by atoms with van der Waals surface area (Å²) in [7, 11) is 0. The van der Waals surface area contributed by atoms with Gasteiger partial charge in [0, 0.05) is 8.86 Å². The van der Waals surface area contributed by atoms with E-state index in [1.807, 2.05) is 0 Å². The number of carbonyl (C=O) groups is 2. The summed E-state index contributed by atoms with van der Waals surface area (Å²) >= 11 is 4.31. The Hall–Kier alpha value is 0.400. The Bertz CT molecular complexity index is 210. The van der Waals surface area contributed by atoms with Crippen molar-refractivity contribution in [3.8, 4) is 0 Å². The Kier molecular flexibility index (Phi) is 14.1. The first kappa shape index (κ1) is 18.4. The highest BCUT2D eigenvalue weighted by Gasteiger charge is 2.01. The van der Waals surface area contributed by atoms with Crippen molar-refractivity contribution in [3.05, 3.63) is 0 Å². The van der Waals surface area contributed by atoms with Crippen molar-refractivity contribution in [2.75, 3.05) is 22.1 Å². The molecule has 0 rings (SSSR count). The highest BCUT2D eigenvalue weighted by Crippen LogP contribution is 2.02. The molecule has 6 heteroatoms. The smallest absolute Gasteiger partial charge is 0.306 e. The van der Waals surface area contributed by atoms with Crippen LogP contribution < -0.4 is 0 Å². The van der Waals surface area contributed by atoms with Crippen molar-refractivity contribution >= 4 is 57.1 Å². The van der Waals surface area contributed by atoms with Gasteiger partial charge in [0.1, 0.15) is 0 Å². The zero-order chi connectivity index (χ0) is 13.6. The number of ether oxygens (including phenoxy) is 2. The van der Waals surface area contributed by atoms with Crippen LogP contribution in [-0.4, -0.2) is 34.0 Å². The van der Waals surface area contributed by atoms with E-state index in [-0.39, 0.29) is 11.9 Å². The first-order chi connectivity index (χ1) is 8.70. The Morgan fingerprint density at radius 2 is 1.11 bits per heavy atom. The number of hydrogen-bond acceptors (Lipinski definition) is 4. The first-order valence-corrected chi connectivity index (χ1v) is 9.19. The SMILES string of the molecule is O=C(CCI)OCCCCCCOC(=O)CCI. The van der Waals surface area contributed by atoms with Gasteiger partial charge in [0.2, 0.25) is 0 Å². The molecule has 0 bridgehead atoms. The number of halogens is 2. The predicted molar refractivity (Wildman–Crippen MR) is 87.4 cm³/mol. The maximum atomic E-state index is 11.0. The second kappa shape index (κ2) is 13.8. The zero-order valence-corrected chi connectivity index (χ0v) is 14.8. The summed E-state index contributed by atoms with van der Waals surface area (Å²) in [4.78, 5) is 22.1. The van der Waals surface area contributed by atoms with Crippen molar-refractivity contribution in [2.45, 2.75) is 38.5 Å². The van der Waals surface area contributed by atoms with Crippen molar-refractivity contribution in [1.82, 2.24) is 0 Å². The maximum absolute atomic E-state index is 11.0. The molecule has 0 spiro atoms.